The topological polar surface area (TPSA) is 172 Å². The molecule has 0 aliphatic heterocycles. The van der Waals surface area contributed by atoms with Gasteiger partial charge in [0, 0.05) is 36.5 Å². The predicted molar refractivity (Wildman–Crippen MR) is 101 cm³/mol. The molecule has 9 heteroatoms. The standard InChI is InChI=1S/C11H12N2O2.C7H14N2O3/c12-9(11(14)15)5-7-6-13-10-4-2-1-3-8(7)10;1-2-9-6(10)4-3-5(8)7(11)12/h1-4,6,9,13H,5,12H2,(H,14,15);5H,2-4,8H2,1H3,(H,9,10)(H,11,12)/t9-;5-/m00/s1. The van der Waals surface area contributed by atoms with Crippen molar-refractivity contribution in [2.75, 3.05) is 6.54 Å². The first-order valence-corrected chi connectivity index (χ1v) is 8.54. The number of H-pyrrole nitrogens is 1. The Balaban J connectivity index is 0.000000279. The maximum Gasteiger partial charge on any atom is 0.320 e. The van der Waals surface area contributed by atoms with Gasteiger partial charge in [-0.15, -0.1) is 0 Å². The summed E-state index contributed by atoms with van der Waals surface area (Å²) in [6.07, 6.45) is 2.51. The van der Waals surface area contributed by atoms with Crippen molar-refractivity contribution in [1.29, 1.82) is 0 Å². The van der Waals surface area contributed by atoms with E-state index >= 15 is 0 Å². The summed E-state index contributed by atoms with van der Waals surface area (Å²) in [6.45, 7) is 2.36. The molecule has 1 aromatic heterocycles. The minimum atomic E-state index is -1.07. The van der Waals surface area contributed by atoms with Crippen molar-refractivity contribution in [1.82, 2.24) is 10.3 Å². The fourth-order valence-corrected chi connectivity index (χ4v) is 2.32. The van der Waals surface area contributed by atoms with Gasteiger partial charge < -0.3 is 32.0 Å². The molecule has 2 atom stereocenters. The molecule has 0 aliphatic rings. The first kappa shape index (κ1) is 22.1. The van der Waals surface area contributed by atoms with Crippen molar-refractivity contribution in [2.45, 2.75) is 38.3 Å². The van der Waals surface area contributed by atoms with Crippen LogP contribution < -0.4 is 16.8 Å². The average molecular weight is 378 g/mol. The van der Waals surface area contributed by atoms with Crippen LogP contribution in [0, 0.1) is 0 Å². The highest BCUT2D eigenvalue weighted by Gasteiger charge is 2.14. The number of hydrogen-bond acceptors (Lipinski definition) is 5. The minimum Gasteiger partial charge on any atom is -0.480 e. The highest BCUT2D eigenvalue weighted by molar-refractivity contribution is 5.84. The first-order chi connectivity index (χ1) is 12.8. The molecule has 1 heterocycles. The van der Waals surface area contributed by atoms with Crippen LogP contribution in [0.3, 0.4) is 0 Å². The van der Waals surface area contributed by atoms with Crippen LogP contribution in [-0.2, 0) is 20.8 Å². The molecule has 2 rings (SSSR count). The van der Waals surface area contributed by atoms with Gasteiger partial charge in [0.05, 0.1) is 0 Å². The number of benzene rings is 1. The molecule has 0 unspecified atom stereocenters. The number of nitrogens with one attached hydrogen (secondary N) is 2. The third-order valence-corrected chi connectivity index (χ3v) is 3.81. The number of aromatic amines is 1. The summed E-state index contributed by atoms with van der Waals surface area (Å²) in [5.41, 5.74) is 12.6. The molecule has 0 bridgehead atoms. The Labute approximate surface area is 156 Å². The normalized spacial score (nSPS) is 12.6. The lowest BCUT2D eigenvalue weighted by atomic mass is 10.1. The molecule has 0 saturated heterocycles. The number of amides is 1. The summed E-state index contributed by atoms with van der Waals surface area (Å²) in [4.78, 5) is 34.7. The monoisotopic (exact) mass is 378 g/mol. The van der Waals surface area contributed by atoms with Crippen LogP contribution in [0.5, 0.6) is 0 Å². The Morgan fingerprint density at radius 2 is 1.74 bits per heavy atom. The molecule has 0 fully saturated rings. The molecule has 8 N–H and O–H groups in total. The highest BCUT2D eigenvalue weighted by Crippen LogP contribution is 2.18. The molecule has 2 aromatic rings. The van der Waals surface area contributed by atoms with E-state index in [4.69, 9.17) is 21.7 Å². The minimum absolute atomic E-state index is 0.158. The number of para-hydroxylation sites is 1. The Morgan fingerprint density at radius 3 is 2.33 bits per heavy atom. The summed E-state index contributed by atoms with van der Waals surface area (Å²) in [5, 5.41) is 20.7. The van der Waals surface area contributed by atoms with E-state index in [1.165, 1.54) is 0 Å². The largest absolute Gasteiger partial charge is 0.480 e. The molecule has 0 radical (unpaired) electrons. The van der Waals surface area contributed by atoms with Gasteiger partial charge in [-0.25, -0.2) is 0 Å². The number of aliphatic carboxylic acids is 2. The molecule has 27 heavy (non-hydrogen) atoms. The lowest BCUT2D eigenvalue weighted by Crippen LogP contribution is -2.32. The summed E-state index contributed by atoms with van der Waals surface area (Å²) >= 11 is 0. The first-order valence-electron chi connectivity index (χ1n) is 8.54. The Morgan fingerprint density at radius 1 is 1.11 bits per heavy atom. The van der Waals surface area contributed by atoms with E-state index in [0.717, 1.165) is 16.5 Å². The number of carbonyl (C=O) groups excluding carboxylic acids is 1. The zero-order valence-electron chi connectivity index (χ0n) is 15.1. The van der Waals surface area contributed by atoms with E-state index in [1.807, 2.05) is 30.5 Å². The molecule has 1 aromatic carbocycles. The van der Waals surface area contributed by atoms with Crippen molar-refractivity contribution in [3.63, 3.8) is 0 Å². The van der Waals surface area contributed by atoms with Gasteiger partial charge in [0.25, 0.3) is 0 Å². The molecule has 148 valence electrons. The van der Waals surface area contributed by atoms with Gasteiger partial charge in [0.2, 0.25) is 5.91 Å². The van der Waals surface area contributed by atoms with E-state index < -0.39 is 24.0 Å². The van der Waals surface area contributed by atoms with Crippen LogP contribution in [0.25, 0.3) is 10.9 Å². The molecular weight excluding hydrogens is 352 g/mol. The van der Waals surface area contributed by atoms with Gasteiger partial charge in [0.1, 0.15) is 12.1 Å². The van der Waals surface area contributed by atoms with Gasteiger partial charge >= 0.3 is 11.9 Å². The second kappa shape index (κ2) is 10.9. The van der Waals surface area contributed by atoms with E-state index in [-0.39, 0.29) is 18.7 Å². The van der Waals surface area contributed by atoms with Crippen LogP contribution in [0.4, 0.5) is 0 Å². The second-order valence-electron chi connectivity index (χ2n) is 5.95. The number of hydrogen-bond donors (Lipinski definition) is 6. The zero-order valence-corrected chi connectivity index (χ0v) is 15.1. The Bertz CT molecular complexity index is 774. The van der Waals surface area contributed by atoms with E-state index in [9.17, 15) is 14.4 Å². The fourth-order valence-electron chi connectivity index (χ4n) is 2.32. The SMILES string of the molecule is CCNC(=O)CC[C@H](N)C(=O)O.N[C@@H](Cc1c[nH]c2ccccc12)C(=O)O. The molecule has 0 spiro atoms. The fraction of sp³-hybridized carbons (Fsp3) is 0.389. The lowest BCUT2D eigenvalue weighted by molar-refractivity contribution is -0.139. The predicted octanol–water partition coefficient (Wildman–Crippen LogP) is 0.437. The van der Waals surface area contributed by atoms with Crippen LogP contribution in [-0.4, -0.2) is 51.7 Å². The molecule has 0 aliphatic carbocycles. The summed E-state index contributed by atoms with van der Waals surface area (Å²) < 4.78 is 0. The van der Waals surface area contributed by atoms with Gasteiger partial charge in [-0.3, -0.25) is 14.4 Å². The Hall–Kier alpha value is -2.91. The number of carboxylic acid groups (broad SMARTS) is 2. The summed E-state index contributed by atoms with van der Waals surface area (Å²) in [7, 11) is 0. The molecular formula is C18H26N4O5. The number of nitrogens with two attached hydrogens (primary N) is 2. The van der Waals surface area contributed by atoms with E-state index in [1.54, 1.807) is 6.92 Å². The average Bonchev–Trinajstić information content (AvgIpc) is 3.03. The molecule has 0 saturated carbocycles. The molecule has 1 amide bonds. The number of carbonyl (C=O) groups is 3. The quantitative estimate of drug-likeness (QED) is 0.386. The third kappa shape index (κ3) is 7.47. The van der Waals surface area contributed by atoms with Crippen LogP contribution >= 0.6 is 0 Å². The van der Waals surface area contributed by atoms with Crippen molar-refractivity contribution < 1.29 is 24.6 Å². The third-order valence-electron chi connectivity index (χ3n) is 3.81. The number of rotatable bonds is 8. The maximum absolute atomic E-state index is 10.8. The number of carboxylic acids is 2. The Kier molecular flexibility index (Phi) is 8.97. The van der Waals surface area contributed by atoms with E-state index in [2.05, 4.69) is 10.3 Å². The van der Waals surface area contributed by atoms with Crippen molar-refractivity contribution in [3.05, 3.63) is 36.0 Å². The van der Waals surface area contributed by atoms with Crippen molar-refractivity contribution in [3.8, 4) is 0 Å². The highest BCUT2D eigenvalue weighted by atomic mass is 16.4. The summed E-state index contributed by atoms with van der Waals surface area (Å²) in [5.74, 6) is -2.20. The lowest BCUT2D eigenvalue weighted by Gasteiger charge is -2.05. The number of aromatic nitrogens is 1. The summed E-state index contributed by atoms with van der Waals surface area (Å²) in [6, 6.07) is 5.98. The number of fused-ring (bicyclic) bond motifs is 1. The van der Waals surface area contributed by atoms with Crippen LogP contribution in [0.15, 0.2) is 30.5 Å². The molecule has 9 nitrogen and oxygen atoms in total. The van der Waals surface area contributed by atoms with Crippen LogP contribution in [0.1, 0.15) is 25.3 Å². The maximum atomic E-state index is 10.8. The van der Waals surface area contributed by atoms with Gasteiger partial charge in [-0.2, -0.15) is 0 Å². The van der Waals surface area contributed by atoms with Gasteiger partial charge in [-0.1, -0.05) is 18.2 Å². The van der Waals surface area contributed by atoms with Crippen LogP contribution in [0.2, 0.25) is 0 Å². The van der Waals surface area contributed by atoms with Crippen molar-refractivity contribution >= 4 is 28.7 Å². The smallest absolute Gasteiger partial charge is 0.320 e. The second-order valence-corrected chi connectivity index (χ2v) is 5.95. The zero-order chi connectivity index (χ0) is 20.4. The van der Waals surface area contributed by atoms with E-state index in [0.29, 0.717) is 13.0 Å². The van der Waals surface area contributed by atoms with Crippen molar-refractivity contribution in [2.24, 2.45) is 11.5 Å². The van der Waals surface area contributed by atoms with Gasteiger partial charge in [0.15, 0.2) is 0 Å². The van der Waals surface area contributed by atoms with Gasteiger partial charge in [-0.05, 0) is 25.0 Å².